The maximum atomic E-state index is 11.6. The fourth-order valence-electron chi connectivity index (χ4n) is 2.08. The molecule has 2 rings (SSSR count). The number of rotatable bonds is 3. The molecule has 1 aliphatic heterocycles. The Morgan fingerprint density at radius 3 is 2.84 bits per heavy atom. The number of imide groups is 1. The molecule has 1 aromatic carbocycles. The van der Waals surface area contributed by atoms with Crippen LogP contribution in [-0.4, -0.2) is 34.3 Å². The van der Waals surface area contributed by atoms with Gasteiger partial charge in [-0.25, -0.2) is 0 Å². The van der Waals surface area contributed by atoms with E-state index in [4.69, 9.17) is 18.0 Å². The number of carbonyl (C=O) groups is 2. The van der Waals surface area contributed by atoms with Crippen LogP contribution in [-0.2, 0) is 16.1 Å². The Bertz CT molecular complexity index is 544. The van der Waals surface area contributed by atoms with E-state index in [2.05, 4.69) is 5.32 Å². The fraction of sp³-hybridized carbons (Fsp3) is 0.308. The summed E-state index contributed by atoms with van der Waals surface area (Å²) in [6, 6.07) is 7.13. The third-order valence-electron chi connectivity index (χ3n) is 3.19. The minimum absolute atomic E-state index is 0.193. The topological polar surface area (TPSA) is 75.4 Å². The molecule has 0 aliphatic carbocycles. The van der Waals surface area contributed by atoms with Crippen molar-refractivity contribution >= 4 is 29.0 Å². The first-order chi connectivity index (χ1) is 8.99. The molecular formula is C13H15N3O2S. The Morgan fingerprint density at radius 1 is 1.47 bits per heavy atom. The number of nitrogens with zero attached hydrogens (tertiary/aromatic N) is 1. The van der Waals surface area contributed by atoms with E-state index >= 15 is 0 Å². The summed E-state index contributed by atoms with van der Waals surface area (Å²) >= 11 is 5.01. The summed E-state index contributed by atoms with van der Waals surface area (Å²) in [6.07, 6.45) is 0. The van der Waals surface area contributed by atoms with Gasteiger partial charge < -0.3 is 5.73 Å². The van der Waals surface area contributed by atoms with E-state index in [0.29, 0.717) is 11.5 Å². The summed E-state index contributed by atoms with van der Waals surface area (Å²) in [5.41, 5.74) is 7.38. The maximum Gasteiger partial charge on any atom is 0.243 e. The smallest absolute Gasteiger partial charge is 0.243 e. The number of thiocarbonyl (C=S) groups is 1. The second-order valence-electron chi connectivity index (χ2n) is 4.51. The van der Waals surface area contributed by atoms with E-state index < -0.39 is 0 Å². The molecule has 0 spiro atoms. The molecule has 1 aromatic rings. The van der Waals surface area contributed by atoms with E-state index in [1.165, 1.54) is 0 Å². The summed E-state index contributed by atoms with van der Waals surface area (Å²) in [6.45, 7) is 2.43. The first kappa shape index (κ1) is 13.6. The number of hydrogen-bond acceptors (Lipinski definition) is 4. The molecule has 0 bridgehead atoms. The van der Waals surface area contributed by atoms with E-state index in [0.717, 1.165) is 11.1 Å². The number of hydrogen-bond donors (Lipinski definition) is 2. The normalized spacial score (nSPS) is 20.2. The zero-order valence-corrected chi connectivity index (χ0v) is 11.4. The summed E-state index contributed by atoms with van der Waals surface area (Å²) in [5, 5.41) is 2.31. The van der Waals surface area contributed by atoms with Gasteiger partial charge in [0, 0.05) is 12.1 Å². The molecule has 1 saturated heterocycles. The van der Waals surface area contributed by atoms with Gasteiger partial charge in [0.1, 0.15) is 4.99 Å². The quantitative estimate of drug-likeness (QED) is 0.608. The molecule has 1 atom stereocenters. The van der Waals surface area contributed by atoms with Crippen molar-refractivity contribution in [2.45, 2.75) is 19.5 Å². The molecule has 1 heterocycles. The first-order valence-electron chi connectivity index (χ1n) is 5.94. The number of nitrogens with one attached hydrogen (secondary N) is 1. The lowest BCUT2D eigenvalue weighted by molar-refractivity contribution is -0.139. The van der Waals surface area contributed by atoms with Crippen molar-refractivity contribution in [1.82, 2.24) is 10.2 Å². The fourth-order valence-corrected chi connectivity index (χ4v) is 2.28. The molecule has 0 saturated carbocycles. The van der Waals surface area contributed by atoms with E-state index in [1.54, 1.807) is 11.8 Å². The lowest BCUT2D eigenvalue weighted by Crippen LogP contribution is -2.56. The summed E-state index contributed by atoms with van der Waals surface area (Å²) < 4.78 is 0. The van der Waals surface area contributed by atoms with Crippen LogP contribution >= 0.6 is 12.2 Å². The molecule has 0 aromatic heterocycles. The Balaban J connectivity index is 2.23. The molecule has 1 fully saturated rings. The van der Waals surface area contributed by atoms with Crippen molar-refractivity contribution in [1.29, 1.82) is 0 Å². The van der Waals surface area contributed by atoms with Crippen molar-refractivity contribution in [3.8, 4) is 0 Å². The van der Waals surface area contributed by atoms with Gasteiger partial charge in [-0.15, -0.1) is 0 Å². The van der Waals surface area contributed by atoms with Crippen LogP contribution in [0.1, 0.15) is 18.1 Å². The van der Waals surface area contributed by atoms with Crippen molar-refractivity contribution in [2.24, 2.45) is 5.73 Å². The Morgan fingerprint density at radius 2 is 2.16 bits per heavy atom. The Kier molecular flexibility index (Phi) is 3.92. The van der Waals surface area contributed by atoms with Crippen LogP contribution in [0.25, 0.3) is 0 Å². The number of piperazine rings is 1. The lowest BCUT2D eigenvalue weighted by atomic mass is 10.1. The monoisotopic (exact) mass is 277 g/mol. The van der Waals surface area contributed by atoms with Crippen LogP contribution in [0.2, 0.25) is 0 Å². The largest absolute Gasteiger partial charge is 0.389 e. The summed E-state index contributed by atoms with van der Waals surface area (Å²) in [4.78, 5) is 25.1. The number of benzene rings is 1. The Labute approximate surface area is 116 Å². The Hall–Kier alpha value is -1.79. The van der Waals surface area contributed by atoms with Crippen LogP contribution in [0.5, 0.6) is 0 Å². The molecule has 1 aliphatic rings. The average molecular weight is 277 g/mol. The lowest BCUT2D eigenvalue weighted by Gasteiger charge is -2.32. The molecule has 2 amide bonds. The van der Waals surface area contributed by atoms with Crippen molar-refractivity contribution in [2.75, 3.05) is 6.54 Å². The van der Waals surface area contributed by atoms with Crippen LogP contribution in [0.4, 0.5) is 0 Å². The molecule has 0 radical (unpaired) electrons. The van der Waals surface area contributed by atoms with Gasteiger partial charge in [0.2, 0.25) is 11.8 Å². The predicted molar refractivity (Wildman–Crippen MR) is 75.4 cm³/mol. The highest BCUT2D eigenvalue weighted by atomic mass is 32.1. The second kappa shape index (κ2) is 5.46. The van der Waals surface area contributed by atoms with Gasteiger partial charge in [0.15, 0.2) is 0 Å². The summed E-state index contributed by atoms with van der Waals surface area (Å²) in [7, 11) is 0. The molecule has 6 heteroatoms. The van der Waals surface area contributed by atoms with E-state index in [-0.39, 0.29) is 24.4 Å². The molecule has 100 valence electrons. The molecule has 19 heavy (non-hydrogen) atoms. The molecule has 1 unspecified atom stereocenters. The van der Waals surface area contributed by atoms with Crippen molar-refractivity contribution in [3.63, 3.8) is 0 Å². The van der Waals surface area contributed by atoms with Gasteiger partial charge >= 0.3 is 0 Å². The maximum absolute atomic E-state index is 11.6. The predicted octanol–water partition coefficient (Wildman–Crippen LogP) is 0.168. The van der Waals surface area contributed by atoms with Crippen LogP contribution in [0, 0.1) is 0 Å². The van der Waals surface area contributed by atoms with Crippen molar-refractivity contribution in [3.05, 3.63) is 35.4 Å². The minimum atomic E-state index is -0.350. The highest BCUT2D eigenvalue weighted by Crippen LogP contribution is 2.15. The third kappa shape index (κ3) is 2.97. The number of nitrogens with two attached hydrogens (primary N) is 1. The van der Waals surface area contributed by atoms with Crippen molar-refractivity contribution < 1.29 is 9.59 Å². The van der Waals surface area contributed by atoms with Crippen LogP contribution < -0.4 is 11.1 Å². The van der Waals surface area contributed by atoms with Gasteiger partial charge in [0.25, 0.3) is 0 Å². The number of amides is 2. The molecular weight excluding hydrogens is 262 g/mol. The highest BCUT2D eigenvalue weighted by molar-refractivity contribution is 7.80. The first-order valence-corrected chi connectivity index (χ1v) is 6.35. The second-order valence-corrected chi connectivity index (χ2v) is 4.95. The van der Waals surface area contributed by atoms with Gasteiger partial charge in [-0.05, 0) is 12.5 Å². The van der Waals surface area contributed by atoms with Crippen LogP contribution in [0.15, 0.2) is 24.3 Å². The standard InChI is InChI=1S/C13H15N3O2S/c1-8-13(18)15-11(17)7-16(8)6-9-4-2-3-5-10(9)12(14)19/h2-5,8H,6-7H2,1H3,(H2,14,19)(H,15,17,18). The highest BCUT2D eigenvalue weighted by Gasteiger charge is 2.30. The van der Waals surface area contributed by atoms with E-state index in [1.807, 2.05) is 24.3 Å². The number of carbonyl (C=O) groups excluding carboxylic acids is 2. The zero-order valence-electron chi connectivity index (χ0n) is 10.6. The SMILES string of the molecule is CC1C(=O)NC(=O)CN1Cc1ccccc1C(N)=S. The summed E-state index contributed by atoms with van der Waals surface area (Å²) in [5.74, 6) is -0.556. The van der Waals surface area contributed by atoms with Gasteiger partial charge in [0.05, 0.1) is 12.6 Å². The van der Waals surface area contributed by atoms with Crippen LogP contribution in [0.3, 0.4) is 0 Å². The van der Waals surface area contributed by atoms with Gasteiger partial charge in [-0.3, -0.25) is 19.8 Å². The zero-order chi connectivity index (χ0) is 14.0. The van der Waals surface area contributed by atoms with E-state index in [9.17, 15) is 9.59 Å². The average Bonchev–Trinajstić information content (AvgIpc) is 2.35. The minimum Gasteiger partial charge on any atom is -0.389 e. The van der Waals surface area contributed by atoms with Gasteiger partial charge in [-0.2, -0.15) is 0 Å². The molecule has 3 N–H and O–H groups in total. The van der Waals surface area contributed by atoms with Gasteiger partial charge in [-0.1, -0.05) is 36.5 Å². The molecule has 5 nitrogen and oxygen atoms in total. The third-order valence-corrected chi connectivity index (χ3v) is 3.41.